The fourth-order valence-electron chi connectivity index (χ4n) is 3.03. The van der Waals surface area contributed by atoms with Crippen LogP contribution < -0.4 is 10.1 Å². The maximum absolute atomic E-state index is 12.8. The number of ether oxygens (including phenoxy) is 1. The quantitative estimate of drug-likeness (QED) is 0.526. The van der Waals surface area contributed by atoms with Gasteiger partial charge in [0, 0.05) is 18.7 Å². The minimum Gasteiger partial charge on any atom is -0.497 e. The van der Waals surface area contributed by atoms with Gasteiger partial charge in [0.15, 0.2) is 5.13 Å². The lowest BCUT2D eigenvalue weighted by Crippen LogP contribution is -2.32. The molecule has 0 aliphatic carbocycles. The minimum atomic E-state index is -3.57. The maximum Gasteiger partial charge on any atom is 0.257 e. The molecular formula is C21H25N3O4S2. The summed E-state index contributed by atoms with van der Waals surface area (Å²) in [7, 11) is -1.98. The van der Waals surface area contributed by atoms with E-state index in [9.17, 15) is 13.2 Å². The van der Waals surface area contributed by atoms with E-state index >= 15 is 0 Å². The van der Waals surface area contributed by atoms with Crippen molar-refractivity contribution in [2.24, 2.45) is 0 Å². The Morgan fingerprint density at radius 1 is 1.10 bits per heavy atom. The summed E-state index contributed by atoms with van der Waals surface area (Å²) < 4.78 is 33.3. The van der Waals surface area contributed by atoms with Crippen LogP contribution >= 0.6 is 11.3 Å². The van der Waals surface area contributed by atoms with Gasteiger partial charge in [-0.05, 0) is 55.3 Å². The molecule has 0 saturated heterocycles. The van der Waals surface area contributed by atoms with Crippen molar-refractivity contribution in [2.75, 3.05) is 25.5 Å². The average Bonchev–Trinajstić information content (AvgIpc) is 3.14. The number of carbonyl (C=O) groups is 1. The van der Waals surface area contributed by atoms with Crippen molar-refractivity contribution in [2.45, 2.75) is 31.6 Å². The lowest BCUT2D eigenvalue weighted by molar-refractivity contribution is 0.102. The number of benzene rings is 2. The van der Waals surface area contributed by atoms with Gasteiger partial charge in [-0.25, -0.2) is 13.4 Å². The summed E-state index contributed by atoms with van der Waals surface area (Å²) in [5, 5.41) is 3.24. The van der Waals surface area contributed by atoms with Crippen molar-refractivity contribution in [3.8, 4) is 5.75 Å². The molecule has 0 spiro atoms. The van der Waals surface area contributed by atoms with Gasteiger partial charge in [0.05, 0.1) is 22.2 Å². The molecule has 0 atom stereocenters. The Bertz CT molecular complexity index is 1120. The van der Waals surface area contributed by atoms with Crippen molar-refractivity contribution in [1.29, 1.82) is 0 Å². The van der Waals surface area contributed by atoms with Gasteiger partial charge in [0.1, 0.15) is 5.75 Å². The molecule has 3 rings (SSSR count). The monoisotopic (exact) mass is 447 g/mol. The summed E-state index contributed by atoms with van der Waals surface area (Å²) in [6.07, 6.45) is 1.49. The van der Waals surface area contributed by atoms with Crippen LogP contribution in [0.1, 0.15) is 37.0 Å². The van der Waals surface area contributed by atoms with E-state index in [4.69, 9.17) is 4.74 Å². The number of rotatable bonds is 9. The Morgan fingerprint density at radius 2 is 1.77 bits per heavy atom. The number of aromatic nitrogens is 1. The zero-order valence-electron chi connectivity index (χ0n) is 17.2. The molecule has 1 N–H and O–H groups in total. The molecule has 9 heteroatoms. The highest BCUT2D eigenvalue weighted by molar-refractivity contribution is 7.89. The molecule has 0 saturated carbocycles. The number of carbonyl (C=O) groups excluding carboxylic acids is 1. The fourth-order valence-corrected chi connectivity index (χ4v) is 5.55. The lowest BCUT2D eigenvalue weighted by atomic mass is 10.2. The topological polar surface area (TPSA) is 88.6 Å². The van der Waals surface area contributed by atoms with Gasteiger partial charge in [0.25, 0.3) is 5.91 Å². The Kier molecular flexibility index (Phi) is 7.06. The first-order valence-corrected chi connectivity index (χ1v) is 12.0. The highest BCUT2D eigenvalue weighted by Gasteiger charge is 2.23. The highest BCUT2D eigenvalue weighted by Crippen LogP contribution is 2.29. The molecule has 0 aliphatic rings. The molecule has 2 aromatic carbocycles. The van der Waals surface area contributed by atoms with E-state index in [0.29, 0.717) is 23.8 Å². The number of amides is 1. The van der Waals surface area contributed by atoms with E-state index in [1.807, 2.05) is 32.0 Å². The van der Waals surface area contributed by atoms with Crippen LogP contribution in [0.15, 0.2) is 47.4 Å². The summed E-state index contributed by atoms with van der Waals surface area (Å²) in [5.74, 6) is 0.380. The Hall–Kier alpha value is -2.49. The van der Waals surface area contributed by atoms with E-state index in [1.54, 1.807) is 7.11 Å². The van der Waals surface area contributed by atoms with Gasteiger partial charge in [0.2, 0.25) is 10.0 Å². The smallest absolute Gasteiger partial charge is 0.257 e. The Balaban J connectivity index is 1.76. The third-order valence-electron chi connectivity index (χ3n) is 4.52. The number of nitrogens with zero attached hydrogens (tertiary/aromatic N) is 2. The van der Waals surface area contributed by atoms with E-state index < -0.39 is 10.0 Å². The molecule has 3 aromatic rings. The van der Waals surface area contributed by atoms with Crippen LogP contribution in [0.4, 0.5) is 5.13 Å². The molecule has 0 aliphatic heterocycles. The number of nitrogens with one attached hydrogen (secondary N) is 1. The minimum absolute atomic E-state index is 0.188. The third-order valence-corrected chi connectivity index (χ3v) is 7.36. The van der Waals surface area contributed by atoms with Crippen molar-refractivity contribution >= 4 is 42.6 Å². The summed E-state index contributed by atoms with van der Waals surface area (Å²) in [6.45, 7) is 4.84. The normalized spacial score (nSPS) is 11.7. The van der Waals surface area contributed by atoms with Gasteiger partial charge in [-0.3, -0.25) is 10.1 Å². The van der Waals surface area contributed by atoms with Crippen molar-refractivity contribution < 1.29 is 17.9 Å². The molecule has 0 bridgehead atoms. The fraction of sp³-hybridized carbons (Fsp3) is 0.333. The van der Waals surface area contributed by atoms with Gasteiger partial charge in [-0.1, -0.05) is 25.2 Å². The first-order valence-electron chi connectivity index (χ1n) is 9.75. The number of hydrogen-bond acceptors (Lipinski definition) is 6. The van der Waals surface area contributed by atoms with Crippen LogP contribution in [0.2, 0.25) is 0 Å². The summed E-state index contributed by atoms with van der Waals surface area (Å²) in [6, 6.07) is 11.5. The van der Waals surface area contributed by atoms with Crippen LogP contribution in [0, 0.1) is 0 Å². The van der Waals surface area contributed by atoms with E-state index in [1.165, 1.54) is 39.9 Å². The van der Waals surface area contributed by atoms with E-state index in [2.05, 4.69) is 10.3 Å². The average molecular weight is 448 g/mol. The molecule has 0 unspecified atom stereocenters. The zero-order chi connectivity index (χ0) is 21.7. The number of sulfonamides is 1. The molecule has 1 aromatic heterocycles. The van der Waals surface area contributed by atoms with Gasteiger partial charge < -0.3 is 4.74 Å². The number of methoxy groups -OCH3 is 1. The first kappa shape index (κ1) is 22.2. The van der Waals surface area contributed by atoms with Crippen molar-refractivity contribution in [1.82, 2.24) is 9.29 Å². The van der Waals surface area contributed by atoms with Crippen molar-refractivity contribution in [3.63, 3.8) is 0 Å². The standard InChI is InChI=1S/C21H25N3O4S2/c1-4-12-24(13-5-2)30(26,27)17-9-6-15(7-10-17)20(25)23-21-22-18-11-8-16(28-3)14-19(18)29-21/h6-11,14H,4-5,12-13H2,1-3H3,(H,22,23,25). The number of thiazole rings is 1. The molecule has 1 heterocycles. The van der Waals surface area contributed by atoms with Gasteiger partial charge >= 0.3 is 0 Å². The number of hydrogen-bond donors (Lipinski definition) is 1. The largest absolute Gasteiger partial charge is 0.497 e. The van der Waals surface area contributed by atoms with Crippen LogP contribution in [-0.4, -0.2) is 43.8 Å². The molecule has 160 valence electrons. The first-order chi connectivity index (χ1) is 14.4. The molecule has 7 nitrogen and oxygen atoms in total. The second kappa shape index (κ2) is 9.55. The molecule has 0 fully saturated rings. The van der Waals surface area contributed by atoms with Crippen molar-refractivity contribution in [3.05, 3.63) is 48.0 Å². The van der Waals surface area contributed by atoms with Crippen LogP contribution in [0.3, 0.4) is 0 Å². The summed E-state index contributed by atoms with van der Waals surface area (Å²) in [4.78, 5) is 17.2. The van der Waals surface area contributed by atoms with E-state index in [-0.39, 0.29) is 10.8 Å². The SMILES string of the molecule is CCCN(CCC)S(=O)(=O)c1ccc(C(=O)Nc2nc3ccc(OC)cc3s2)cc1. The van der Waals surface area contributed by atoms with Gasteiger partial charge in [-0.2, -0.15) is 4.31 Å². The zero-order valence-corrected chi connectivity index (χ0v) is 18.8. The highest BCUT2D eigenvalue weighted by atomic mass is 32.2. The van der Waals surface area contributed by atoms with Crippen LogP contribution in [0.5, 0.6) is 5.75 Å². The van der Waals surface area contributed by atoms with E-state index in [0.717, 1.165) is 28.8 Å². The molecular weight excluding hydrogens is 422 g/mol. The second-order valence-electron chi connectivity index (χ2n) is 6.74. The Labute approximate surface area is 180 Å². The number of fused-ring (bicyclic) bond motifs is 1. The molecule has 30 heavy (non-hydrogen) atoms. The Morgan fingerprint density at radius 3 is 2.37 bits per heavy atom. The van der Waals surface area contributed by atoms with Crippen LogP contribution in [0.25, 0.3) is 10.2 Å². The second-order valence-corrected chi connectivity index (χ2v) is 9.70. The predicted molar refractivity (Wildman–Crippen MR) is 120 cm³/mol. The maximum atomic E-state index is 12.8. The summed E-state index contributed by atoms with van der Waals surface area (Å²) >= 11 is 1.35. The predicted octanol–water partition coefficient (Wildman–Crippen LogP) is 4.37. The lowest BCUT2D eigenvalue weighted by Gasteiger charge is -2.21. The van der Waals surface area contributed by atoms with Gasteiger partial charge in [-0.15, -0.1) is 0 Å². The third kappa shape index (κ3) is 4.80. The van der Waals surface area contributed by atoms with Crippen LogP contribution in [-0.2, 0) is 10.0 Å². The molecule has 1 amide bonds. The number of anilines is 1. The molecule has 0 radical (unpaired) electrons. The summed E-state index contributed by atoms with van der Waals surface area (Å²) in [5.41, 5.74) is 1.13.